The van der Waals surface area contributed by atoms with Gasteiger partial charge in [-0.1, -0.05) is 19.9 Å². The van der Waals surface area contributed by atoms with E-state index in [0.717, 1.165) is 5.56 Å². The van der Waals surface area contributed by atoms with Gasteiger partial charge in [-0.2, -0.15) is 13.2 Å². The van der Waals surface area contributed by atoms with Gasteiger partial charge in [-0.3, -0.25) is 4.90 Å². The maximum atomic E-state index is 13.7. The summed E-state index contributed by atoms with van der Waals surface area (Å²) in [4.78, 5) is 1.48. The number of piperazine rings is 1. The molecule has 0 aromatic heterocycles. The van der Waals surface area contributed by atoms with Crippen LogP contribution in [0.4, 0.5) is 13.2 Å². The van der Waals surface area contributed by atoms with Crippen LogP contribution in [-0.4, -0.2) is 44.4 Å². The van der Waals surface area contributed by atoms with E-state index >= 15 is 0 Å². The summed E-state index contributed by atoms with van der Waals surface area (Å²) in [5, 5.41) is 3.09. The van der Waals surface area contributed by atoms with Crippen LogP contribution in [0.5, 0.6) is 5.75 Å². The number of benzene rings is 1. The van der Waals surface area contributed by atoms with E-state index in [9.17, 15) is 13.2 Å². The molecule has 8 heteroatoms. The van der Waals surface area contributed by atoms with Crippen LogP contribution in [0.1, 0.15) is 36.9 Å². The number of ether oxygens (including phenoxy) is 1. The minimum absolute atomic E-state index is 0. The molecule has 3 nitrogen and oxygen atoms in total. The smallest absolute Gasteiger partial charge is 0.408 e. The fraction of sp³-hybridized carbons (Fsp3) is 0.625. The lowest BCUT2D eigenvalue weighted by Crippen LogP contribution is -2.49. The van der Waals surface area contributed by atoms with Crippen molar-refractivity contribution in [1.29, 1.82) is 0 Å². The van der Waals surface area contributed by atoms with Crippen LogP contribution >= 0.6 is 24.8 Å². The highest BCUT2D eigenvalue weighted by Crippen LogP contribution is 2.42. The molecule has 140 valence electrons. The molecule has 1 aliphatic heterocycles. The highest BCUT2D eigenvalue weighted by molar-refractivity contribution is 5.85. The molecule has 0 bridgehead atoms. The highest BCUT2D eigenvalue weighted by atomic mass is 35.5. The van der Waals surface area contributed by atoms with E-state index in [2.05, 4.69) is 5.32 Å². The van der Waals surface area contributed by atoms with Gasteiger partial charge in [0.25, 0.3) is 0 Å². The molecular formula is C16H25Cl2F3N2O. The Morgan fingerprint density at radius 3 is 2.17 bits per heavy atom. The molecule has 1 fully saturated rings. The van der Waals surface area contributed by atoms with Crippen molar-refractivity contribution in [2.45, 2.75) is 32.0 Å². The van der Waals surface area contributed by atoms with Crippen molar-refractivity contribution >= 4 is 24.8 Å². The monoisotopic (exact) mass is 388 g/mol. The van der Waals surface area contributed by atoms with Gasteiger partial charge in [-0.15, -0.1) is 24.8 Å². The number of nitrogens with zero attached hydrogens (tertiary/aromatic N) is 1. The molecule has 1 saturated heterocycles. The number of methoxy groups -OCH3 is 1. The van der Waals surface area contributed by atoms with E-state index in [4.69, 9.17) is 4.74 Å². The van der Waals surface area contributed by atoms with E-state index in [1.807, 2.05) is 19.9 Å². The molecule has 1 aromatic carbocycles. The normalized spacial score (nSPS) is 17.0. The van der Waals surface area contributed by atoms with Crippen LogP contribution in [0.2, 0.25) is 0 Å². The van der Waals surface area contributed by atoms with E-state index < -0.39 is 12.2 Å². The first-order valence-electron chi connectivity index (χ1n) is 7.54. The van der Waals surface area contributed by atoms with E-state index in [0.29, 0.717) is 31.9 Å². The third kappa shape index (κ3) is 5.41. The number of rotatable bonds is 4. The summed E-state index contributed by atoms with van der Waals surface area (Å²) in [6.45, 7) is 5.83. The Kier molecular flexibility index (Phi) is 9.43. The summed E-state index contributed by atoms with van der Waals surface area (Å²) in [6, 6.07) is 3.50. The predicted molar refractivity (Wildman–Crippen MR) is 94.8 cm³/mol. The Balaban J connectivity index is 0.00000264. The maximum Gasteiger partial charge on any atom is 0.408 e. The summed E-state index contributed by atoms with van der Waals surface area (Å²) >= 11 is 0. The summed E-state index contributed by atoms with van der Waals surface area (Å²) in [6.07, 6.45) is -4.33. The molecule has 0 unspecified atom stereocenters. The zero-order chi connectivity index (χ0) is 16.3. The molecule has 1 aromatic rings. The molecule has 1 aliphatic rings. The van der Waals surface area contributed by atoms with Gasteiger partial charge in [0.05, 0.1) is 7.11 Å². The number of alkyl halides is 3. The zero-order valence-corrected chi connectivity index (χ0v) is 15.7. The fourth-order valence-electron chi connectivity index (χ4n) is 2.85. The molecule has 0 radical (unpaired) electrons. The molecule has 1 heterocycles. The maximum absolute atomic E-state index is 13.7. The molecule has 2 rings (SSSR count). The second-order valence-electron chi connectivity index (χ2n) is 5.89. The van der Waals surface area contributed by atoms with Crippen molar-refractivity contribution in [2.75, 3.05) is 33.3 Å². The average molecular weight is 389 g/mol. The van der Waals surface area contributed by atoms with Gasteiger partial charge in [-0.05, 0) is 23.6 Å². The van der Waals surface area contributed by atoms with Crippen LogP contribution in [0, 0.1) is 0 Å². The number of hydrogen-bond donors (Lipinski definition) is 1. The summed E-state index contributed by atoms with van der Waals surface area (Å²) in [5.74, 6) is 0.465. The van der Waals surface area contributed by atoms with Crippen LogP contribution in [0.3, 0.4) is 0 Å². The fourth-order valence-corrected chi connectivity index (χ4v) is 2.85. The highest BCUT2D eigenvalue weighted by Gasteiger charge is 2.46. The summed E-state index contributed by atoms with van der Waals surface area (Å²) in [5.41, 5.74) is 1.10. The molecule has 1 atom stereocenters. The Morgan fingerprint density at radius 1 is 1.12 bits per heavy atom. The lowest BCUT2D eigenvalue weighted by atomic mass is 9.95. The first-order valence-corrected chi connectivity index (χ1v) is 7.54. The lowest BCUT2D eigenvalue weighted by molar-refractivity contribution is -0.188. The van der Waals surface area contributed by atoms with Gasteiger partial charge in [0, 0.05) is 31.7 Å². The van der Waals surface area contributed by atoms with Crippen molar-refractivity contribution < 1.29 is 17.9 Å². The molecular weight excluding hydrogens is 364 g/mol. The Hall–Kier alpha value is -0.690. The topological polar surface area (TPSA) is 24.5 Å². The van der Waals surface area contributed by atoms with Crippen molar-refractivity contribution in [3.63, 3.8) is 0 Å². The van der Waals surface area contributed by atoms with E-state index in [-0.39, 0.29) is 36.3 Å². The molecule has 1 N–H and O–H groups in total. The van der Waals surface area contributed by atoms with E-state index in [1.54, 1.807) is 12.1 Å². The van der Waals surface area contributed by atoms with Crippen LogP contribution < -0.4 is 10.1 Å². The second-order valence-corrected chi connectivity index (χ2v) is 5.89. The quantitative estimate of drug-likeness (QED) is 0.837. The Bertz CT molecular complexity index is 507. The molecule has 0 spiro atoms. The van der Waals surface area contributed by atoms with Crippen molar-refractivity contribution in [1.82, 2.24) is 10.2 Å². The standard InChI is InChI=1S/C16H23F3N2O.2ClH/c1-11(2)12-4-5-14(22-3)13(10-12)15(16(17,18)19)21-8-6-20-7-9-21;;/h4-5,10-11,15,20H,6-9H2,1-3H3;2*1H/t15-;;/m1../s1. The SMILES string of the molecule is COc1ccc(C(C)C)cc1[C@@H](N1CCNCC1)C(F)(F)F.Cl.Cl. The van der Waals surface area contributed by atoms with Gasteiger partial charge in [0.2, 0.25) is 0 Å². The molecule has 0 amide bonds. The van der Waals surface area contributed by atoms with Gasteiger partial charge in [0.1, 0.15) is 11.8 Å². The average Bonchev–Trinajstić information content (AvgIpc) is 2.47. The van der Waals surface area contributed by atoms with Gasteiger partial charge >= 0.3 is 6.18 Å². The summed E-state index contributed by atoms with van der Waals surface area (Å²) < 4.78 is 46.4. The first-order chi connectivity index (χ1) is 10.3. The van der Waals surface area contributed by atoms with Crippen molar-refractivity contribution in [2.24, 2.45) is 0 Å². The van der Waals surface area contributed by atoms with E-state index in [1.165, 1.54) is 12.0 Å². The van der Waals surface area contributed by atoms with Crippen molar-refractivity contribution in [3.8, 4) is 5.75 Å². The van der Waals surface area contributed by atoms with Gasteiger partial charge in [-0.25, -0.2) is 0 Å². The first kappa shape index (κ1) is 23.3. The summed E-state index contributed by atoms with van der Waals surface area (Å²) in [7, 11) is 1.42. The number of halogens is 5. The van der Waals surface area contributed by atoms with Crippen molar-refractivity contribution in [3.05, 3.63) is 29.3 Å². The number of hydrogen-bond acceptors (Lipinski definition) is 3. The molecule has 24 heavy (non-hydrogen) atoms. The molecule has 0 aliphatic carbocycles. The third-order valence-electron chi connectivity index (χ3n) is 4.04. The predicted octanol–water partition coefficient (Wildman–Crippen LogP) is 4.17. The minimum Gasteiger partial charge on any atom is -0.496 e. The van der Waals surface area contributed by atoms with Gasteiger partial charge < -0.3 is 10.1 Å². The third-order valence-corrected chi connectivity index (χ3v) is 4.04. The Morgan fingerprint density at radius 2 is 1.71 bits per heavy atom. The van der Waals surface area contributed by atoms with Crippen LogP contribution in [0.15, 0.2) is 18.2 Å². The van der Waals surface area contributed by atoms with Crippen LogP contribution in [0.25, 0.3) is 0 Å². The zero-order valence-electron chi connectivity index (χ0n) is 14.0. The lowest BCUT2D eigenvalue weighted by Gasteiger charge is -2.37. The van der Waals surface area contributed by atoms with Gasteiger partial charge in [0.15, 0.2) is 0 Å². The van der Waals surface area contributed by atoms with Crippen LogP contribution in [-0.2, 0) is 0 Å². The second kappa shape index (κ2) is 9.70. The number of nitrogens with one attached hydrogen (secondary N) is 1. The minimum atomic E-state index is -4.33. The molecule has 0 saturated carbocycles. The Labute approximate surface area is 153 Å². The largest absolute Gasteiger partial charge is 0.496 e.